The fourth-order valence-electron chi connectivity index (χ4n) is 1.33. The van der Waals surface area contributed by atoms with Crippen LogP contribution in [0.3, 0.4) is 0 Å². The third-order valence-electron chi connectivity index (χ3n) is 2.46. The first-order valence-corrected chi connectivity index (χ1v) is 5.02. The van der Waals surface area contributed by atoms with Crippen LogP contribution in [-0.4, -0.2) is 29.5 Å². The van der Waals surface area contributed by atoms with Gasteiger partial charge in [0.15, 0.2) is 11.4 Å². The Morgan fingerprint density at radius 1 is 1.56 bits per heavy atom. The molecule has 1 aromatic rings. The monoisotopic (exact) mass is 224 g/mol. The Labute approximate surface area is 94.2 Å². The number of amides is 1. The summed E-state index contributed by atoms with van der Waals surface area (Å²) < 4.78 is 5.10. The second kappa shape index (κ2) is 4.83. The van der Waals surface area contributed by atoms with Gasteiger partial charge < -0.3 is 15.0 Å². The van der Waals surface area contributed by atoms with Gasteiger partial charge in [-0.2, -0.15) is 0 Å². The predicted octanol–water partition coefficient (Wildman–Crippen LogP) is 1.26. The minimum atomic E-state index is -1.13. The van der Waals surface area contributed by atoms with Crippen molar-refractivity contribution in [2.24, 2.45) is 0 Å². The lowest BCUT2D eigenvalue weighted by Gasteiger charge is -2.26. The molecule has 1 atom stereocenters. The van der Waals surface area contributed by atoms with E-state index in [0.29, 0.717) is 6.42 Å². The molecule has 0 aliphatic carbocycles. The van der Waals surface area contributed by atoms with Crippen molar-refractivity contribution in [1.82, 2.24) is 10.3 Å². The number of H-pyrrole nitrogens is 1. The molecule has 0 fully saturated rings. The van der Waals surface area contributed by atoms with E-state index in [2.05, 4.69) is 10.3 Å². The molecule has 1 amide bonds. The van der Waals surface area contributed by atoms with Gasteiger partial charge >= 0.3 is 6.09 Å². The molecule has 0 aliphatic rings. The third-order valence-corrected chi connectivity index (χ3v) is 2.46. The molecular formula is C11H16N2O3. The van der Waals surface area contributed by atoms with Crippen LogP contribution in [0.25, 0.3) is 0 Å². The van der Waals surface area contributed by atoms with Gasteiger partial charge in [0, 0.05) is 25.4 Å². The van der Waals surface area contributed by atoms with Crippen LogP contribution < -0.4 is 5.32 Å². The van der Waals surface area contributed by atoms with Crippen molar-refractivity contribution in [1.29, 1.82) is 0 Å². The van der Waals surface area contributed by atoms with Crippen molar-refractivity contribution in [2.45, 2.75) is 25.9 Å². The summed E-state index contributed by atoms with van der Waals surface area (Å²) in [4.78, 5) is 25.7. The maximum atomic E-state index is 11.5. The Morgan fingerprint density at radius 2 is 2.25 bits per heavy atom. The van der Waals surface area contributed by atoms with Crippen LogP contribution in [0.4, 0.5) is 4.79 Å². The first-order valence-electron chi connectivity index (χ1n) is 5.02. The average molecular weight is 224 g/mol. The molecule has 88 valence electrons. The largest absolute Gasteiger partial charge is 0.435 e. The van der Waals surface area contributed by atoms with E-state index in [9.17, 15) is 9.59 Å². The summed E-state index contributed by atoms with van der Waals surface area (Å²) in [6.45, 7) is 3.01. The Hall–Kier alpha value is -1.78. The molecule has 16 heavy (non-hydrogen) atoms. The van der Waals surface area contributed by atoms with Crippen LogP contribution in [0, 0.1) is 0 Å². The molecule has 1 unspecified atom stereocenters. The number of carbonyl (C=O) groups is 2. The summed E-state index contributed by atoms with van der Waals surface area (Å²) in [5.41, 5.74) is -0.285. The van der Waals surface area contributed by atoms with Crippen LogP contribution in [0.1, 0.15) is 19.5 Å². The lowest BCUT2D eigenvalue weighted by atomic mass is 9.95. The van der Waals surface area contributed by atoms with Crippen LogP contribution >= 0.6 is 0 Å². The summed E-state index contributed by atoms with van der Waals surface area (Å²) in [5, 5.41) is 2.33. The molecule has 1 heterocycles. The van der Waals surface area contributed by atoms with Gasteiger partial charge in [0.25, 0.3) is 0 Å². The maximum absolute atomic E-state index is 11.5. The summed E-state index contributed by atoms with van der Waals surface area (Å²) >= 11 is 0. The topological polar surface area (TPSA) is 71.2 Å². The first-order chi connectivity index (χ1) is 7.48. The van der Waals surface area contributed by atoms with Gasteiger partial charge in [0.05, 0.1) is 0 Å². The number of aromatic amines is 1. The van der Waals surface area contributed by atoms with Crippen molar-refractivity contribution in [3.05, 3.63) is 24.0 Å². The summed E-state index contributed by atoms with van der Waals surface area (Å²) in [6.07, 6.45) is 1.49. The van der Waals surface area contributed by atoms with Crippen LogP contribution in [0.15, 0.2) is 18.3 Å². The first kappa shape index (κ1) is 12.3. The van der Waals surface area contributed by atoms with E-state index in [4.69, 9.17) is 4.74 Å². The highest BCUT2D eigenvalue weighted by Gasteiger charge is 2.34. The number of ketones is 1. The number of rotatable bonds is 4. The number of alkyl carbamates (subject to hydrolysis) is 1. The maximum Gasteiger partial charge on any atom is 0.407 e. The lowest BCUT2D eigenvalue weighted by Crippen LogP contribution is -2.43. The highest BCUT2D eigenvalue weighted by molar-refractivity contribution is 5.87. The number of Topliss-reactive ketones (excluding diaryl/α,β-unsaturated/α-hetero) is 1. The van der Waals surface area contributed by atoms with E-state index in [1.54, 1.807) is 13.1 Å². The average Bonchev–Trinajstić information content (AvgIpc) is 2.69. The molecule has 0 saturated carbocycles. The summed E-state index contributed by atoms with van der Waals surface area (Å²) in [5.74, 6) is -0.189. The number of nitrogens with one attached hydrogen (secondary N) is 2. The smallest absolute Gasteiger partial charge is 0.407 e. The normalized spacial score (nSPS) is 13.9. The van der Waals surface area contributed by atoms with Gasteiger partial charge in [-0.3, -0.25) is 4.79 Å². The molecule has 0 radical (unpaired) electrons. The second-order valence-electron chi connectivity index (χ2n) is 3.80. The fourth-order valence-corrected chi connectivity index (χ4v) is 1.33. The van der Waals surface area contributed by atoms with Gasteiger partial charge in [-0.05, 0) is 26.0 Å². The molecule has 1 aromatic heterocycles. The molecule has 2 N–H and O–H groups in total. The van der Waals surface area contributed by atoms with Crippen molar-refractivity contribution >= 4 is 11.9 Å². The van der Waals surface area contributed by atoms with Crippen molar-refractivity contribution in [3.63, 3.8) is 0 Å². The van der Waals surface area contributed by atoms with E-state index in [-0.39, 0.29) is 5.78 Å². The standard InChI is InChI=1S/C11H16N2O3/c1-8(14)11(2,16-10(15)12-3)7-9-5-4-6-13-9/h4-6,13H,7H2,1-3H3,(H,12,15). The summed E-state index contributed by atoms with van der Waals surface area (Å²) in [7, 11) is 1.46. The van der Waals surface area contributed by atoms with E-state index < -0.39 is 11.7 Å². The van der Waals surface area contributed by atoms with E-state index in [1.165, 1.54) is 14.0 Å². The van der Waals surface area contributed by atoms with E-state index >= 15 is 0 Å². The Morgan fingerprint density at radius 3 is 2.69 bits per heavy atom. The van der Waals surface area contributed by atoms with Crippen molar-refractivity contribution in [2.75, 3.05) is 7.05 Å². The number of carbonyl (C=O) groups excluding carboxylic acids is 2. The van der Waals surface area contributed by atoms with Gasteiger partial charge in [-0.1, -0.05) is 0 Å². The zero-order valence-corrected chi connectivity index (χ0v) is 9.66. The highest BCUT2D eigenvalue weighted by atomic mass is 16.6. The van der Waals surface area contributed by atoms with Gasteiger partial charge in [-0.25, -0.2) is 4.79 Å². The van der Waals surface area contributed by atoms with Crippen molar-refractivity contribution < 1.29 is 14.3 Å². The van der Waals surface area contributed by atoms with Gasteiger partial charge in [0.2, 0.25) is 0 Å². The number of aromatic nitrogens is 1. The minimum absolute atomic E-state index is 0.189. The fraction of sp³-hybridized carbons (Fsp3) is 0.455. The Bertz CT molecular complexity index is 373. The molecule has 0 saturated heterocycles. The predicted molar refractivity (Wildman–Crippen MR) is 59.1 cm³/mol. The summed E-state index contributed by atoms with van der Waals surface area (Å²) in [6, 6.07) is 3.67. The zero-order valence-electron chi connectivity index (χ0n) is 9.66. The van der Waals surface area contributed by atoms with E-state index in [0.717, 1.165) is 5.69 Å². The molecule has 0 aliphatic heterocycles. The third kappa shape index (κ3) is 2.85. The van der Waals surface area contributed by atoms with E-state index in [1.807, 2.05) is 12.1 Å². The molecule has 0 spiro atoms. The number of ether oxygens (including phenoxy) is 1. The molecule has 5 nitrogen and oxygen atoms in total. The lowest BCUT2D eigenvalue weighted by molar-refractivity contribution is -0.133. The highest BCUT2D eigenvalue weighted by Crippen LogP contribution is 2.18. The number of hydrogen-bond donors (Lipinski definition) is 2. The SMILES string of the molecule is CNC(=O)OC(C)(Cc1ccc[nH]1)C(C)=O. The molecule has 0 aromatic carbocycles. The molecular weight excluding hydrogens is 208 g/mol. The van der Waals surface area contributed by atoms with Crippen molar-refractivity contribution in [3.8, 4) is 0 Å². The molecule has 1 rings (SSSR count). The van der Waals surface area contributed by atoms with Gasteiger partial charge in [-0.15, -0.1) is 0 Å². The van der Waals surface area contributed by atoms with Crippen LogP contribution in [-0.2, 0) is 16.0 Å². The Kier molecular flexibility index (Phi) is 3.71. The van der Waals surface area contributed by atoms with Crippen LogP contribution in [0.5, 0.6) is 0 Å². The Balaban J connectivity index is 2.80. The van der Waals surface area contributed by atoms with Crippen LogP contribution in [0.2, 0.25) is 0 Å². The quantitative estimate of drug-likeness (QED) is 0.808. The second-order valence-corrected chi connectivity index (χ2v) is 3.80. The number of hydrogen-bond acceptors (Lipinski definition) is 3. The molecule has 5 heteroatoms. The molecule has 0 bridgehead atoms. The zero-order chi connectivity index (χ0) is 12.2. The van der Waals surface area contributed by atoms with Gasteiger partial charge in [0.1, 0.15) is 0 Å². The minimum Gasteiger partial charge on any atom is -0.435 e.